The van der Waals surface area contributed by atoms with Crippen LogP contribution in [0.4, 0.5) is 4.79 Å². The smallest absolute Gasteiger partial charge is 0.410 e. The first kappa shape index (κ1) is 18.3. The summed E-state index contributed by atoms with van der Waals surface area (Å²) >= 11 is 0. The minimum absolute atomic E-state index is 0.287. The number of nitrogens with zero attached hydrogens (tertiary/aromatic N) is 1. The first-order valence-electron chi connectivity index (χ1n) is 7.54. The van der Waals surface area contributed by atoms with Gasteiger partial charge in [-0.15, -0.1) is 0 Å². The van der Waals surface area contributed by atoms with Crippen LogP contribution >= 0.6 is 0 Å². The largest absolute Gasteiger partial charge is 0.480 e. The summed E-state index contributed by atoms with van der Waals surface area (Å²) in [7, 11) is 0. The van der Waals surface area contributed by atoms with Gasteiger partial charge in [0.25, 0.3) is 0 Å². The summed E-state index contributed by atoms with van der Waals surface area (Å²) < 4.78 is 5.34. The van der Waals surface area contributed by atoms with Crippen molar-refractivity contribution < 1.29 is 24.2 Å². The molecule has 2 N–H and O–H groups in total. The summed E-state index contributed by atoms with van der Waals surface area (Å²) in [6, 6.07) is -1.69. The standard InChI is InChI=1S/C15H26N2O5/c1-9-6-7-17(14(21)22-15(3,4)5)11(8-9)12(18)16-10(2)13(19)20/h9-11H,6-8H2,1-5H3,(H,16,18)(H,19,20)/t9-,10-,11+/m0/s1. The van der Waals surface area contributed by atoms with Gasteiger partial charge in [0.05, 0.1) is 0 Å². The number of carboxylic acid groups (broad SMARTS) is 1. The molecule has 0 aromatic carbocycles. The highest BCUT2D eigenvalue weighted by atomic mass is 16.6. The van der Waals surface area contributed by atoms with Crippen molar-refractivity contribution >= 4 is 18.0 Å². The van der Waals surface area contributed by atoms with Crippen LogP contribution in [0.3, 0.4) is 0 Å². The zero-order valence-corrected chi connectivity index (χ0v) is 13.9. The number of ether oxygens (including phenoxy) is 1. The van der Waals surface area contributed by atoms with Crippen LogP contribution in [0.25, 0.3) is 0 Å². The maximum Gasteiger partial charge on any atom is 0.410 e. The number of carbonyl (C=O) groups excluding carboxylic acids is 2. The lowest BCUT2D eigenvalue weighted by molar-refractivity contribution is -0.142. The number of rotatable bonds is 3. The number of hydrogen-bond donors (Lipinski definition) is 2. The first-order valence-corrected chi connectivity index (χ1v) is 7.54. The number of hydrogen-bond acceptors (Lipinski definition) is 4. The van der Waals surface area contributed by atoms with Gasteiger partial charge in [0.1, 0.15) is 17.7 Å². The summed E-state index contributed by atoms with van der Waals surface area (Å²) in [6.45, 7) is 9.12. The van der Waals surface area contributed by atoms with E-state index in [1.165, 1.54) is 11.8 Å². The quantitative estimate of drug-likeness (QED) is 0.825. The fraction of sp³-hybridized carbons (Fsp3) is 0.800. The zero-order chi connectivity index (χ0) is 17.1. The van der Waals surface area contributed by atoms with Crippen molar-refractivity contribution in [3.05, 3.63) is 0 Å². The predicted octanol–water partition coefficient (Wildman–Crippen LogP) is 1.61. The highest BCUT2D eigenvalue weighted by Crippen LogP contribution is 2.24. The van der Waals surface area contributed by atoms with Crippen LogP contribution in [0, 0.1) is 5.92 Å². The number of carbonyl (C=O) groups is 3. The van der Waals surface area contributed by atoms with Crippen LogP contribution < -0.4 is 5.32 Å². The molecule has 0 bridgehead atoms. The molecule has 3 atom stereocenters. The molecule has 1 aliphatic rings. The van der Waals surface area contributed by atoms with Gasteiger partial charge in [-0.25, -0.2) is 4.79 Å². The maximum atomic E-state index is 12.3. The van der Waals surface area contributed by atoms with Crippen molar-refractivity contribution in [3.8, 4) is 0 Å². The Hall–Kier alpha value is -1.79. The molecule has 1 aliphatic heterocycles. The summed E-state index contributed by atoms with van der Waals surface area (Å²) in [5, 5.41) is 11.3. The molecule has 0 unspecified atom stereocenters. The number of amides is 2. The van der Waals surface area contributed by atoms with E-state index in [1.54, 1.807) is 20.8 Å². The van der Waals surface area contributed by atoms with Gasteiger partial charge < -0.3 is 15.2 Å². The van der Waals surface area contributed by atoms with E-state index in [2.05, 4.69) is 5.32 Å². The van der Waals surface area contributed by atoms with Crippen molar-refractivity contribution in [2.45, 2.75) is 65.1 Å². The van der Waals surface area contributed by atoms with Gasteiger partial charge in [0.2, 0.25) is 5.91 Å². The second kappa shape index (κ2) is 6.98. The number of carboxylic acids is 1. The molecule has 22 heavy (non-hydrogen) atoms. The normalized spacial score (nSPS) is 23.6. The van der Waals surface area contributed by atoms with Crippen LogP contribution in [0.2, 0.25) is 0 Å². The molecular weight excluding hydrogens is 288 g/mol. The molecule has 0 radical (unpaired) electrons. The Labute approximate surface area is 131 Å². The summed E-state index contributed by atoms with van der Waals surface area (Å²) in [4.78, 5) is 36.8. The first-order chi connectivity index (χ1) is 10.0. The lowest BCUT2D eigenvalue weighted by Gasteiger charge is -2.38. The van der Waals surface area contributed by atoms with Gasteiger partial charge >= 0.3 is 12.1 Å². The van der Waals surface area contributed by atoms with E-state index in [-0.39, 0.29) is 5.92 Å². The monoisotopic (exact) mass is 314 g/mol. The van der Waals surface area contributed by atoms with Crippen molar-refractivity contribution in [1.82, 2.24) is 10.2 Å². The number of aliphatic carboxylic acids is 1. The summed E-state index contributed by atoms with van der Waals surface area (Å²) in [5.74, 6) is -1.28. The van der Waals surface area contributed by atoms with E-state index in [0.717, 1.165) is 6.42 Å². The van der Waals surface area contributed by atoms with E-state index >= 15 is 0 Å². The predicted molar refractivity (Wildman–Crippen MR) is 80.4 cm³/mol. The Kier molecular flexibility index (Phi) is 5.79. The van der Waals surface area contributed by atoms with E-state index in [9.17, 15) is 14.4 Å². The number of piperidine rings is 1. The topological polar surface area (TPSA) is 95.9 Å². The van der Waals surface area contributed by atoms with Gasteiger partial charge in [0.15, 0.2) is 0 Å². The Morgan fingerprint density at radius 3 is 2.41 bits per heavy atom. The molecule has 0 aromatic rings. The molecule has 1 heterocycles. The fourth-order valence-electron chi connectivity index (χ4n) is 2.30. The average molecular weight is 314 g/mol. The highest BCUT2D eigenvalue weighted by molar-refractivity contribution is 5.89. The zero-order valence-electron chi connectivity index (χ0n) is 13.9. The summed E-state index contributed by atoms with van der Waals surface area (Å²) in [5.41, 5.74) is -0.643. The SMILES string of the molecule is C[C@H]1CCN(C(=O)OC(C)(C)C)[C@@H](C(=O)N[C@@H](C)C(=O)O)C1. The molecule has 0 saturated carbocycles. The molecule has 1 saturated heterocycles. The molecule has 2 amide bonds. The third-order valence-corrected chi connectivity index (χ3v) is 3.52. The van der Waals surface area contributed by atoms with Gasteiger partial charge in [-0.05, 0) is 46.5 Å². The van der Waals surface area contributed by atoms with Crippen molar-refractivity contribution in [3.63, 3.8) is 0 Å². The van der Waals surface area contributed by atoms with Crippen LogP contribution in [0.1, 0.15) is 47.5 Å². The van der Waals surface area contributed by atoms with Gasteiger partial charge in [-0.2, -0.15) is 0 Å². The average Bonchev–Trinajstić information content (AvgIpc) is 2.35. The third-order valence-electron chi connectivity index (χ3n) is 3.52. The third kappa shape index (κ3) is 5.20. The molecule has 1 fully saturated rings. The molecule has 1 rings (SSSR count). The maximum absolute atomic E-state index is 12.3. The molecule has 7 nitrogen and oxygen atoms in total. The molecular formula is C15H26N2O5. The lowest BCUT2D eigenvalue weighted by Crippen LogP contribution is -2.56. The van der Waals surface area contributed by atoms with Crippen LogP contribution in [0.5, 0.6) is 0 Å². The Morgan fingerprint density at radius 2 is 1.91 bits per heavy atom. The van der Waals surface area contributed by atoms with Crippen molar-refractivity contribution in [2.75, 3.05) is 6.54 Å². The molecule has 0 aromatic heterocycles. The second-order valence-corrected chi connectivity index (χ2v) is 6.89. The minimum atomic E-state index is -1.11. The van der Waals surface area contributed by atoms with Crippen LogP contribution in [0.15, 0.2) is 0 Å². The van der Waals surface area contributed by atoms with E-state index in [4.69, 9.17) is 9.84 Å². The van der Waals surface area contributed by atoms with Crippen LogP contribution in [-0.4, -0.2) is 52.2 Å². The van der Waals surface area contributed by atoms with Gasteiger partial charge in [0, 0.05) is 6.54 Å². The molecule has 0 aliphatic carbocycles. The van der Waals surface area contributed by atoms with Gasteiger partial charge in [-0.3, -0.25) is 14.5 Å². The van der Waals surface area contributed by atoms with Gasteiger partial charge in [-0.1, -0.05) is 6.92 Å². The molecule has 126 valence electrons. The van der Waals surface area contributed by atoms with E-state index in [1.807, 2.05) is 6.92 Å². The van der Waals surface area contributed by atoms with Crippen molar-refractivity contribution in [1.29, 1.82) is 0 Å². The van der Waals surface area contributed by atoms with Crippen molar-refractivity contribution in [2.24, 2.45) is 5.92 Å². The number of nitrogens with one attached hydrogen (secondary N) is 1. The Morgan fingerprint density at radius 1 is 1.32 bits per heavy atom. The molecule has 7 heteroatoms. The van der Waals surface area contributed by atoms with E-state index < -0.39 is 35.7 Å². The van der Waals surface area contributed by atoms with E-state index in [0.29, 0.717) is 13.0 Å². The highest BCUT2D eigenvalue weighted by Gasteiger charge is 2.37. The second-order valence-electron chi connectivity index (χ2n) is 6.89. The Bertz CT molecular complexity index is 444. The lowest BCUT2D eigenvalue weighted by atomic mass is 9.92. The van der Waals surface area contributed by atoms with Crippen LogP contribution in [-0.2, 0) is 14.3 Å². The Balaban J connectivity index is 2.83. The minimum Gasteiger partial charge on any atom is -0.480 e. The fourth-order valence-corrected chi connectivity index (χ4v) is 2.30. The molecule has 0 spiro atoms. The number of likely N-dealkylation sites (tertiary alicyclic amines) is 1. The summed E-state index contributed by atoms with van der Waals surface area (Å²) in [6.07, 6.45) is 0.747.